The van der Waals surface area contributed by atoms with Crippen LogP contribution >= 0.6 is 0 Å². The van der Waals surface area contributed by atoms with Crippen LogP contribution < -0.4 is 0 Å². The molecule has 5 rings (SSSR count). The molecule has 0 unspecified atom stereocenters. The average Bonchev–Trinajstić information content (AvgIpc) is 3.23. The van der Waals surface area contributed by atoms with E-state index in [1.165, 1.54) is 22.6 Å². The van der Waals surface area contributed by atoms with E-state index in [1.54, 1.807) is 12.1 Å². The van der Waals surface area contributed by atoms with Crippen molar-refractivity contribution in [3.05, 3.63) is 78.0 Å². The fourth-order valence-corrected chi connectivity index (χ4v) is 5.32. The summed E-state index contributed by atoms with van der Waals surface area (Å²) in [5, 5.41) is 0. The standard InChI is InChI=1S/C25H29FN4/c1-2-29-16-17-30-23(21-6-4-3-5-7-21)18-27-24(30)25(29)12-14-28(15-13-25)19-20-8-10-22(26)11-9-20/h3-11,18H,2,12-17,19H2,1H3. The van der Waals surface area contributed by atoms with Crippen molar-refractivity contribution < 1.29 is 4.39 Å². The highest BCUT2D eigenvalue weighted by atomic mass is 19.1. The first-order valence-corrected chi connectivity index (χ1v) is 11.0. The summed E-state index contributed by atoms with van der Waals surface area (Å²) in [6.45, 7) is 8.32. The summed E-state index contributed by atoms with van der Waals surface area (Å²) in [6, 6.07) is 17.5. The molecule has 0 atom stereocenters. The fraction of sp³-hybridized carbons (Fsp3) is 0.400. The van der Waals surface area contributed by atoms with E-state index in [-0.39, 0.29) is 11.4 Å². The zero-order valence-corrected chi connectivity index (χ0v) is 17.6. The number of nitrogens with zero attached hydrogens (tertiary/aromatic N) is 4. The SMILES string of the molecule is CCN1CCn2c(-c3ccccc3)cnc2C12CCN(Cc1ccc(F)cc1)CC2. The quantitative estimate of drug-likeness (QED) is 0.639. The third kappa shape index (κ3) is 3.36. The third-order valence-corrected chi connectivity index (χ3v) is 6.92. The molecule has 1 aromatic heterocycles. The Morgan fingerprint density at radius 2 is 1.67 bits per heavy atom. The Bertz CT molecular complexity index is 988. The molecular formula is C25H29FN4. The molecule has 0 amide bonds. The van der Waals surface area contributed by atoms with Gasteiger partial charge in [-0.25, -0.2) is 9.37 Å². The zero-order chi connectivity index (χ0) is 20.6. The molecule has 0 saturated carbocycles. The molecule has 156 valence electrons. The van der Waals surface area contributed by atoms with Gasteiger partial charge in [-0.1, -0.05) is 49.4 Å². The number of imidazole rings is 1. The van der Waals surface area contributed by atoms with Crippen molar-refractivity contribution in [1.29, 1.82) is 0 Å². The molecule has 1 saturated heterocycles. The van der Waals surface area contributed by atoms with Crippen LogP contribution in [0.3, 0.4) is 0 Å². The number of likely N-dealkylation sites (tertiary alicyclic amines) is 1. The van der Waals surface area contributed by atoms with Gasteiger partial charge < -0.3 is 4.57 Å². The summed E-state index contributed by atoms with van der Waals surface area (Å²) in [5.41, 5.74) is 3.66. The number of benzene rings is 2. The first kappa shape index (κ1) is 19.5. The summed E-state index contributed by atoms with van der Waals surface area (Å²) in [5.74, 6) is 1.06. The highest BCUT2D eigenvalue weighted by molar-refractivity contribution is 5.59. The van der Waals surface area contributed by atoms with Gasteiger partial charge >= 0.3 is 0 Å². The lowest BCUT2D eigenvalue weighted by molar-refractivity contribution is -0.00772. The number of hydrogen-bond acceptors (Lipinski definition) is 3. The third-order valence-electron chi connectivity index (χ3n) is 6.92. The van der Waals surface area contributed by atoms with Gasteiger partial charge in [-0.3, -0.25) is 9.80 Å². The predicted molar refractivity (Wildman–Crippen MR) is 117 cm³/mol. The van der Waals surface area contributed by atoms with Crippen LogP contribution in [-0.4, -0.2) is 45.5 Å². The van der Waals surface area contributed by atoms with Gasteiger partial charge in [-0.2, -0.15) is 0 Å². The van der Waals surface area contributed by atoms with Gasteiger partial charge in [0.1, 0.15) is 11.6 Å². The highest BCUT2D eigenvalue weighted by Gasteiger charge is 2.46. The van der Waals surface area contributed by atoms with E-state index in [0.717, 1.165) is 52.1 Å². The molecule has 2 aliphatic heterocycles. The molecule has 0 bridgehead atoms. The molecule has 3 heterocycles. The van der Waals surface area contributed by atoms with Crippen LogP contribution in [-0.2, 0) is 18.6 Å². The summed E-state index contributed by atoms with van der Waals surface area (Å²) < 4.78 is 15.7. The first-order chi connectivity index (χ1) is 14.7. The maximum absolute atomic E-state index is 13.2. The van der Waals surface area contributed by atoms with Crippen molar-refractivity contribution in [2.75, 3.05) is 26.2 Å². The van der Waals surface area contributed by atoms with Crippen LogP contribution in [0.4, 0.5) is 4.39 Å². The van der Waals surface area contributed by atoms with E-state index in [4.69, 9.17) is 4.98 Å². The number of aromatic nitrogens is 2. The minimum absolute atomic E-state index is 0.0132. The van der Waals surface area contributed by atoms with E-state index in [0.29, 0.717) is 0 Å². The maximum Gasteiger partial charge on any atom is 0.129 e. The minimum Gasteiger partial charge on any atom is -0.325 e. The molecule has 4 nitrogen and oxygen atoms in total. The Morgan fingerprint density at radius 3 is 2.37 bits per heavy atom. The summed E-state index contributed by atoms with van der Waals surface area (Å²) in [7, 11) is 0. The van der Waals surface area contributed by atoms with Crippen LogP contribution in [0.25, 0.3) is 11.3 Å². The van der Waals surface area contributed by atoms with Crippen LogP contribution in [0, 0.1) is 5.82 Å². The Hall–Kier alpha value is -2.50. The number of halogens is 1. The molecule has 5 heteroatoms. The van der Waals surface area contributed by atoms with Gasteiger partial charge in [0.2, 0.25) is 0 Å². The fourth-order valence-electron chi connectivity index (χ4n) is 5.32. The summed E-state index contributed by atoms with van der Waals surface area (Å²) in [6.07, 6.45) is 4.22. The van der Waals surface area contributed by atoms with Crippen LogP contribution in [0.15, 0.2) is 60.8 Å². The van der Waals surface area contributed by atoms with Gasteiger partial charge in [-0.15, -0.1) is 0 Å². The Morgan fingerprint density at radius 1 is 0.933 bits per heavy atom. The molecular weight excluding hydrogens is 375 g/mol. The van der Waals surface area contributed by atoms with Gasteiger partial charge in [0.25, 0.3) is 0 Å². The second-order valence-electron chi connectivity index (χ2n) is 8.50. The van der Waals surface area contributed by atoms with Crippen molar-refractivity contribution >= 4 is 0 Å². The Labute approximate surface area is 178 Å². The highest BCUT2D eigenvalue weighted by Crippen LogP contribution is 2.42. The number of hydrogen-bond donors (Lipinski definition) is 0. The lowest BCUT2D eigenvalue weighted by Crippen LogP contribution is -2.57. The Balaban J connectivity index is 1.40. The molecule has 30 heavy (non-hydrogen) atoms. The molecule has 3 aromatic rings. The van der Waals surface area contributed by atoms with Crippen LogP contribution in [0.1, 0.15) is 31.2 Å². The zero-order valence-electron chi connectivity index (χ0n) is 17.6. The van der Waals surface area contributed by atoms with Gasteiger partial charge in [0, 0.05) is 32.7 Å². The van der Waals surface area contributed by atoms with E-state index < -0.39 is 0 Å². The van der Waals surface area contributed by atoms with Crippen molar-refractivity contribution in [2.45, 2.75) is 38.4 Å². The van der Waals surface area contributed by atoms with E-state index in [1.807, 2.05) is 12.1 Å². The van der Waals surface area contributed by atoms with Crippen LogP contribution in [0.5, 0.6) is 0 Å². The Kier molecular flexibility index (Phi) is 5.17. The van der Waals surface area contributed by atoms with Crippen molar-refractivity contribution in [3.8, 4) is 11.3 Å². The second-order valence-corrected chi connectivity index (χ2v) is 8.50. The largest absolute Gasteiger partial charge is 0.325 e. The lowest BCUT2D eigenvalue weighted by Gasteiger charge is -2.51. The lowest BCUT2D eigenvalue weighted by atomic mass is 9.83. The maximum atomic E-state index is 13.2. The second kappa shape index (κ2) is 7.97. The van der Waals surface area contributed by atoms with Crippen molar-refractivity contribution in [2.24, 2.45) is 0 Å². The smallest absolute Gasteiger partial charge is 0.129 e. The van der Waals surface area contributed by atoms with Crippen molar-refractivity contribution in [3.63, 3.8) is 0 Å². The van der Waals surface area contributed by atoms with Crippen molar-refractivity contribution in [1.82, 2.24) is 19.4 Å². The number of rotatable bonds is 4. The van der Waals surface area contributed by atoms with E-state index in [2.05, 4.69) is 57.8 Å². The van der Waals surface area contributed by atoms with E-state index in [9.17, 15) is 4.39 Å². The number of likely N-dealkylation sites (N-methyl/N-ethyl adjacent to an activating group) is 1. The average molecular weight is 405 g/mol. The first-order valence-electron chi connectivity index (χ1n) is 11.0. The number of fused-ring (bicyclic) bond motifs is 2. The molecule has 0 N–H and O–H groups in total. The van der Waals surface area contributed by atoms with Gasteiger partial charge in [-0.05, 0) is 42.6 Å². The summed E-state index contributed by atoms with van der Waals surface area (Å²) in [4.78, 5) is 10.1. The van der Waals surface area contributed by atoms with Gasteiger partial charge in [0.15, 0.2) is 0 Å². The minimum atomic E-state index is -0.168. The molecule has 2 aliphatic rings. The normalized spacial score (nSPS) is 19.1. The monoisotopic (exact) mass is 404 g/mol. The topological polar surface area (TPSA) is 24.3 Å². The number of piperidine rings is 1. The molecule has 1 fully saturated rings. The molecule has 0 radical (unpaired) electrons. The molecule has 1 spiro atoms. The van der Waals surface area contributed by atoms with Gasteiger partial charge in [0.05, 0.1) is 17.4 Å². The molecule has 2 aromatic carbocycles. The predicted octanol–water partition coefficient (Wildman–Crippen LogP) is 4.52. The van der Waals surface area contributed by atoms with E-state index >= 15 is 0 Å². The van der Waals surface area contributed by atoms with Crippen LogP contribution in [0.2, 0.25) is 0 Å². The molecule has 0 aliphatic carbocycles. The summed E-state index contributed by atoms with van der Waals surface area (Å²) >= 11 is 0.